The molecule has 4 heterocycles. The highest BCUT2D eigenvalue weighted by Gasteiger charge is 2.33. The van der Waals surface area contributed by atoms with Gasteiger partial charge in [-0.05, 0) is 29.8 Å². The largest absolute Gasteiger partial charge is 0.352 e. The summed E-state index contributed by atoms with van der Waals surface area (Å²) in [6.45, 7) is 1.95. The number of halogens is 2. The zero-order valence-electron chi connectivity index (χ0n) is 17.4. The highest BCUT2D eigenvalue weighted by molar-refractivity contribution is 7.59. The lowest BCUT2D eigenvalue weighted by Crippen LogP contribution is -2.52. The SMILES string of the molecule is N#Cc1cnc2ccc(N3CCN(C(=O)N4N=CC[C@H]4c4cc(F)cc(F)c4)CC3)nn12.S. The van der Waals surface area contributed by atoms with Gasteiger partial charge >= 0.3 is 6.03 Å². The first kappa shape index (κ1) is 22.5. The van der Waals surface area contributed by atoms with E-state index in [1.165, 1.54) is 27.9 Å². The number of rotatable bonds is 2. The van der Waals surface area contributed by atoms with Crippen LogP contribution in [-0.2, 0) is 0 Å². The van der Waals surface area contributed by atoms with Gasteiger partial charge < -0.3 is 9.80 Å². The summed E-state index contributed by atoms with van der Waals surface area (Å²) in [6.07, 6.45) is 3.45. The van der Waals surface area contributed by atoms with E-state index in [-0.39, 0.29) is 19.5 Å². The first-order chi connectivity index (χ1) is 15.5. The summed E-state index contributed by atoms with van der Waals surface area (Å²) in [6, 6.07) is 8.10. The van der Waals surface area contributed by atoms with Crippen molar-refractivity contribution in [2.24, 2.45) is 5.10 Å². The second-order valence-electron chi connectivity index (χ2n) is 7.57. The molecule has 12 heteroatoms. The van der Waals surface area contributed by atoms with Crippen LogP contribution in [0.1, 0.15) is 23.7 Å². The molecule has 1 fully saturated rings. The summed E-state index contributed by atoms with van der Waals surface area (Å²) < 4.78 is 28.8. The van der Waals surface area contributed by atoms with Gasteiger partial charge in [0.25, 0.3) is 0 Å². The molecule has 2 aromatic heterocycles. The Bertz CT molecular complexity index is 1240. The topological polar surface area (TPSA) is 93.1 Å². The predicted molar refractivity (Wildman–Crippen MR) is 121 cm³/mol. The van der Waals surface area contributed by atoms with Gasteiger partial charge in [-0.15, -0.1) is 5.10 Å². The van der Waals surface area contributed by atoms with E-state index < -0.39 is 17.7 Å². The van der Waals surface area contributed by atoms with Crippen LogP contribution < -0.4 is 4.90 Å². The monoisotopic (exact) mass is 470 g/mol. The number of urea groups is 1. The number of fused-ring (bicyclic) bond motifs is 1. The maximum atomic E-state index is 13.7. The molecule has 1 aromatic carbocycles. The van der Waals surface area contributed by atoms with Gasteiger partial charge in [0.2, 0.25) is 0 Å². The van der Waals surface area contributed by atoms with E-state index in [9.17, 15) is 18.8 Å². The van der Waals surface area contributed by atoms with Crippen molar-refractivity contribution in [1.29, 1.82) is 5.26 Å². The Hall–Kier alpha value is -3.72. The van der Waals surface area contributed by atoms with E-state index in [1.807, 2.05) is 11.0 Å². The van der Waals surface area contributed by atoms with Crippen LogP contribution >= 0.6 is 13.5 Å². The molecule has 1 saturated heterocycles. The second-order valence-corrected chi connectivity index (χ2v) is 7.57. The summed E-state index contributed by atoms with van der Waals surface area (Å²) in [7, 11) is 0. The van der Waals surface area contributed by atoms with Crippen LogP contribution in [0.15, 0.2) is 41.6 Å². The zero-order valence-corrected chi connectivity index (χ0v) is 18.4. The summed E-state index contributed by atoms with van der Waals surface area (Å²) in [5, 5.41) is 19.1. The molecular formula is C21H20F2N8OS. The third kappa shape index (κ3) is 4.19. The first-order valence-electron chi connectivity index (χ1n) is 10.1. The minimum absolute atomic E-state index is 0. The van der Waals surface area contributed by atoms with Crippen molar-refractivity contribution in [3.05, 3.63) is 59.4 Å². The van der Waals surface area contributed by atoms with Gasteiger partial charge in [-0.3, -0.25) is 0 Å². The van der Waals surface area contributed by atoms with Crippen LogP contribution in [0.25, 0.3) is 5.65 Å². The number of piperazine rings is 1. The normalized spacial score (nSPS) is 17.8. The molecule has 9 nitrogen and oxygen atoms in total. The van der Waals surface area contributed by atoms with E-state index in [2.05, 4.69) is 21.3 Å². The Balaban J connectivity index is 0.00000259. The van der Waals surface area contributed by atoms with Crippen molar-refractivity contribution in [1.82, 2.24) is 24.5 Å². The number of amides is 2. The van der Waals surface area contributed by atoms with E-state index in [0.717, 1.165) is 6.07 Å². The van der Waals surface area contributed by atoms with Crippen LogP contribution in [0.4, 0.5) is 19.4 Å². The number of imidazole rings is 1. The molecule has 170 valence electrons. The molecule has 0 radical (unpaired) electrons. The lowest BCUT2D eigenvalue weighted by Gasteiger charge is -2.37. The zero-order chi connectivity index (χ0) is 22.2. The highest BCUT2D eigenvalue weighted by atomic mass is 32.1. The Labute approximate surface area is 195 Å². The van der Waals surface area contributed by atoms with Gasteiger partial charge in [-0.2, -0.15) is 23.9 Å². The minimum atomic E-state index is -0.685. The lowest BCUT2D eigenvalue weighted by molar-refractivity contribution is 0.139. The number of hydrogen-bond acceptors (Lipinski definition) is 6. The molecule has 0 unspecified atom stereocenters. The van der Waals surface area contributed by atoms with Gasteiger partial charge in [0, 0.05) is 44.9 Å². The van der Waals surface area contributed by atoms with Gasteiger partial charge in [0.15, 0.2) is 11.3 Å². The van der Waals surface area contributed by atoms with Crippen LogP contribution in [0.2, 0.25) is 0 Å². The standard InChI is InChI=1S/C21H18F2N8O.H2S/c22-15-9-14(10-16(23)11-15)18-3-4-26-31(18)21(32)29-7-5-28(6-8-29)20-2-1-19-25-13-17(12-24)30(19)27-20;/h1-2,4,9-11,13,18H,3,5-8H2;1H2/t18-;/m0./s1. The van der Waals surface area contributed by atoms with Crippen LogP contribution in [-0.4, -0.2) is 62.9 Å². The van der Waals surface area contributed by atoms with Gasteiger partial charge in [0.05, 0.1) is 12.2 Å². The number of benzene rings is 1. The molecule has 0 saturated carbocycles. The number of carbonyl (C=O) groups excluding carboxylic acids is 1. The molecule has 0 N–H and O–H groups in total. The Morgan fingerprint density at radius 1 is 1.09 bits per heavy atom. The van der Waals surface area contributed by atoms with Gasteiger partial charge in [-0.25, -0.2) is 28.1 Å². The summed E-state index contributed by atoms with van der Waals surface area (Å²) >= 11 is 0. The summed E-state index contributed by atoms with van der Waals surface area (Å²) in [5.74, 6) is -0.684. The summed E-state index contributed by atoms with van der Waals surface area (Å²) in [4.78, 5) is 20.9. The molecule has 33 heavy (non-hydrogen) atoms. The van der Waals surface area contributed by atoms with E-state index in [0.29, 0.717) is 55.3 Å². The van der Waals surface area contributed by atoms with Crippen LogP contribution in [0, 0.1) is 23.0 Å². The quantitative estimate of drug-likeness (QED) is 0.574. The second kappa shape index (κ2) is 9.03. The molecule has 0 spiro atoms. The maximum Gasteiger partial charge on any atom is 0.341 e. The number of nitriles is 1. The van der Waals surface area contributed by atoms with Gasteiger partial charge in [-0.1, -0.05) is 0 Å². The van der Waals surface area contributed by atoms with Crippen molar-refractivity contribution in [2.75, 3.05) is 31.1 Å². The number of carbonyl (C=O) groups is 1. The van der Waals surface area contributed by atoms with Crippen molar-refractivity contribution < 1.29 is 13.6 Å². The molecule has 5 rings (SSSR count). The fourth-order valence-corrected chi connectivity index (χ4v) is 4.02. The summed E-state index contributed by atoms with van der Waals surface area (Å²) in [5.41, 5.74) is 1.31. The molecule has 3 aromatic rings. The molecule has 2 aliphatic rings. The van der Waals surface area contributed by atoms with Crippen molar-refractivity contribution >= 4 is 37.2 Å². The Morgan fingerprint density at radius 3 is 2.52 bits per heavy atom. The van der Waals surface area contributed by atoms with Crippen molar-refractivity contribution in [3.8, 4) is 6.07 Å². The molecule has 2 aliphatic heterocycles. The maximum absolute atomic E-state index is 13.7. The average Bonchev–Trinajstić information content (AvgIpc) is 3.45. The highest BCUT2D eigenvalue weighted by Crippen LogP contribution is 2.30. The van der Waals surface area contributed by atoms with Crippen LogP contribution in [0.3, 0.4) is 0 Å². The van der Waals surface area contributed by atoms with Crippen molar-refractivity contribution in [3.63, 3.8) is 0 Å². The fourth-order valence-electron chi connectivity index (χ4n) is 4.02. The molecule has 0 aliphatic carbocycles. The predicted octanol–water partition coefficient (Wildman–Crippen LogP) is 2.67. The van der Waals surface area contributed by atoms with Crippen LogP contribution in [0.5, 0.6) is 0 Å². The Kier molecular flexibility index (Phi) is 6.15. The first-order valence-corrected chi connectivity index (χ1v) is 10.1. The number of nitrogens with zero attached hydrogens (tertiary/aromatic N) is 8. The van der Waals surface area contributed by atoms with Gasteiger partial charge in [0.1, 0.15) is 23.5 Å². The smallest absolute Gasteiger partial charge is 0.341 e. The third-order valence-electron chi connectivity index (χ3n) is 5.63. The minimum Gasteiger partial charge on any atom is -0.352 e. The fraction of sp³-hybridized carbons (Fsp3) is 0.286. The molecular weight excluding hydrogens is 450 g/mol. The van der Waals surface area contributed by atoms with E-state index >= 15 is 0 Å². The number of hydrazone groups is 1. The number of aromatic nitrogens is 3. The molecule has 1 atom stereocenters. The Morgan fingerprint density at radius 2 is 1.82 bits per heavy atom. The van der Waals surface area contributed by atoms with E-state index in [4.69, 9.17) is 0 Å². The molecule has 0 bridgehead atoms. The lowest BCUT2D eigenvalue weighted by atomic mass is 10.0. The number of anilines is 1. The van der Waals surface area contributed by atoms with Crippen molar-refractivity contribution in [2.45, 2.75) is 12.5 Å². The van der Waals surface area contributed by atoms with E-state index in [1.54, 1.807) is 17.2 Å². The number of hydrogen-bond donors (Lipinski definition) is 0. The molecule has 2 amide bonds. The third-order valence-corrected chi connectivity index (χ3v) is 5.63. The average molecular weight is 471 g/mol.